The minimum Gasteiger partial charge on any atom is -0.478 e. The molecule has 24 heavy (non-hydrogen) atoms. The first kappa shape index (κ1) is 15.9. The van der Waals surface area contributed by atoms with Crippen molar-refractivity contribution in [2.24, 2.45) is 0 Å². The van der Waals surface area contributed by atoms with E-state index in [2.05, 4.69) is 25.4 Å². The predicted molar refractivity (Wildman–Crippen MR) is 91.4 cm³/mol. The zero-order chi connectivity index (χ0) is 16.9. The number of pyridine rings is 1. The second-order valence-corrected chi connectivity index (χ2v) is 5.39. The number of hydrogen-bond donors (Lipinski definition) is 1. The summed E-state index contributed by atoms with van der Waals surface area (Å²) in [6.07, 6.45) is 5.13. The molecule has 0 radical (unpaired) electrons. The predicted octanol–water partition coefficient (Wildman–Crippen LogP) is 2.68. The Hall–Kier alpha value is -2.96. The van der Waals surface area contributed by atoms with Crippen LogP contribution in [0, 0.1) is 13.8 Å². The highest BCUT2D eigenvalue weighted by molar-refractivity contribution is 5.38. The van der Waals surface area contributed by atoms with Crippen LogP contribution in [0.15, 0.2) is 36.8 Å². The molecule has 0 unspecified atom stereocenters. The molecule has 0 amide bonds. The van der Waals surface area contributed by atoms with Crippen LogP contribution >= 0.6 is 0 Å². The van der Waals surface area contributed by atoms with Crippen molar-refractivity contribution in [2.45, 2.75) is 27.3 Å². The van der Waals surface area contributed by atoms with E-state index in [0.717, 1.165) is 17.0 Å². The maximum Gasteiger partial charge on any atom is 0.213 e. The third-order valence-corrected chi connectivity index (χ3v) is 3.41. The number of ether oxygens (including phenoxy) is 1. The topological polar surface area (TPSA) is 77.8 Å². The van der Waals surface area contributed by atoms with E-state index in [4.69, 9.17) is 4.74 Å². The Kier molecular flexibility index (Phi) is 4.69. The zero-order valence-corrected chi connectivity index (χ0v) is 14.0. The van der Waals surface area contributed by atoms with Crippen LogP contribution in [-0.2, 0) is 6.54 Å². The lowest BCUT2D eigenvalue weighted by molar-refractivity contribution is 0.326. The van der Waals surface area contributed by atoms with E-state index in [9.17, 15) is 0 Å². The summed E-state index contributed by atoms with van der Waals surface area (Å²) in [6.45, 7) is 7.09. The van der Waals surface area contributed by atoms with Crippen LogP contribution in [0.4, 0.5) is 5.82 Å². The van der Waals surface area contributed by atoms with Crippen LogP contribution in [0.2, 0.25) is 0 Å². The normalized spacial score (nSPS) is 10.6. The lowest BCUT2D eigenvalue weighted by Crippen LogP contribution is -2.07. The third-order valence-electron chi connectivity index (χ3n) is 3.41. The standard InChI is InChI=1S/C17H20N6O/c1-4-24-17-8-14(5-6-19-17)9-20-15-10-18-11-16(21-15)23-13(3)7-12(2)22-23/h5-8,10-11H,4,9H2,1-3H3,(H,20,21). The minimum absolute atomic E-state index is 0.597. The Morgan fingerprint density at radius 3 is 2.83 bits per heavy atom. The molecule has 7 heteroatoms. The molecule has 3 rings (SSSR count). The fourth-order valence-electron chi connectivity index (χ4n) is 2.38. The van der Waals surface area contributed by atoms with Crippen molar-refractivity contribution >= 4 is 5.82 Å². The molecule has 124 valence electrons. The second-order valence-electron chi connectivity index (χ2n) is 5.39. The summed E-state index contributed by atoms with van der Waals surface area (Å²) in [5, 5.41) is 7.70. The average molecular weight is 324 g/mol. The van der Waals surface area contributed by atoms with Crippen molar-refractivity contribution in [1.82, 2.24) is 24.7 Å². The van der Waals surface area contributed by atoms with Crippen LogP contribution in [-0.4, -0.2) is 31.3 Å². The Labute approximate surface area is 140 Å². The molecule has 0 saturated carbocycles. The Morgan fingerprint density at radius 2 is 2.08 bits per heavy atom. The van der Waals surface area contributed by atoms with Gasteiger partial charge in [0.2, 0.25) is 5.88 Å². The molecule has 0 aliphatic heterocycles. The van der Waals surface area contributed by atoms with Crippen molar-refractivity contribution in [3.05, 3.63) is 53.7 Å². The van der Waals surface area contributed by atoms with E-state index in [0.29, 0.717) is 30.7 Å². The van der Waals surface area contributed by atoms with Crippen LogP contribution in [0.3, 0.4) is 0 Å². The number of rotatable bonds is 6. The van der Waals surface area contributed by atoms with E-state index in [1.165, 1.54) is 0 Å². The summed E-state index contributed by atoms with van der Waals surface area (Å²) in [5.74, 6) is 2.00. The molecule has 3 aromatic heterocycles. The van der Waals surface area contributed by atoms with Crippen molar-refractivity contribution in [3.63, 3.8) is 0 Å². The average Bonchev–Trinajstić information content (AvgIpc) is 2.92. The smallest absolute Gasteiger partial charge is 0.213 e. The van der Waals surface area contributed by atoms with Gasteiger partial charge in [-0.15, -0.1) is 0 Å². The van der Waals surface area contributed by atoms with Gasteiger partial charge in [0.05, 0.1) is 24.7 Å². The molecule has 0 fully saturated rings. The molecule has 0 atom stereocenters. The van der Waals surface area contributed by atoms with Gasteiger partial charge in [-0.25, -0.2) is 14.6 Å². The molecule has 0 saturated heterocycles. The molecule has 3 aromatic rings. The lowest BCUT2D eigenvalue weighted by atomic mass is 10.2. The summed E-state index contributed by atoms with van der Waals surface area (Å²) in [5.41, 5.74) is 3.04. The molecule has 0 aromatic carbocycles. The van der Waals surface area contributed by atoms with Gasteiger partial charge in [0, 0.05) is 24.5 Å². The molecule has 0 aliphatic rings. The molecule has 0 bridgehead atoms. The Morgan fingerprint density at radius 1 is 1.21 bits per heavy atom. The van der Waals surface area contributed by atoms with Gasteiger partial charge in [-0.05, 0) is 38.5 Å². The molecule has 0 aliphatic carbocycles. The SMILES string of the molecule is CCOc1cc(CNc2cncc(-n3nc(C)cc3C)n2)ccn1. The van der Waals surface area contributed by atoms with Gasteiger partial charge in [-0.2, -0.15) is 5.10 Å². The van der Waals surface area contributed by atoms with Gasteiger partial charge in [0.1, 0.15) is 5.82 Å². The molecule has 1 N–H and O–H groups in total. The molecular formula is C17H20N6O. The second kappa shape index (κ2) is 7.08. The van der Waals surface area contributed by atoms with E-state index in [-0.39, 0.29) is 0 Å². The van der Waals surface area contributed by atoms with Gasteiger partial charge in [-0.1, -0.05) is 0 Å². The number of hydrogen-bond acceptors (Lipinski definition) is 6. The highest BCUT2D eigenvalue weighted by Crippen LogP contribution is 2.13. The van der Waals surface area contributed by atoms with Gasteiger partial charge >= 0.3 is 0 Å². The summed E-state index contributed by atoms with van der Waals surface area (Å²) < 4.78 is 7.20. The molecular weight excluding hydrogens is 304 g/mol. The van der Waals surface area contributed by atoms with Gasteiger partial charge in [0.25, 0.3) is 0 Å². The fraction of sp³-hybridized carbons (Fsp3) is 0.294. The van der Waals surface area contributed by atoms with E-state index in [1.54, 1.807) is 23.3 Å². The van der Waals surface area contributed by atoms with Crippen LogP contribution in [0.5, 0.6) is 5.88 Å². The first-order valence-corrected chi connectivity index (χ1v) is 7.83. The van der Waals surface area contributed by atoms with Crippen molar-refractivity contribution in [3.8, 4) is 11.7 Å². The monoisotopic (exact) mass is 324 g/mol. The van der Waals surface area contributed by atoms with Gasteiger partial charge in [0.15, 0.2) is 5.82 Å². The quantitative estimate of drug-likeness (QED) is 0.751. The summed E-state index contributed by atoms with van der Waals surface area (Å²) >= 11 is 0. The van der Waals surface area contributed by atoms with Crippen LogP contribution < -0.4 is 10.1 Å². The first-order chi connectivity index (χ1) is 11.7. The maximum absolute atomic E-state index is 5.41. The number of nitrogens with zero attached hydrogens (tertiary/aromatic N) is 5. The van der Waals surface area contributed by atoms with Crippen LogP contribution in [0.25, 0.3) is 5.82 Å². The fourth-order valence-corrected chi connectivity index (χ4v) is 2.38. The lowest BCUT2D eigenvalue weighted by Gasteiger charge is -2.09. The largest absolute Gasteiger partial charge is 0.478 e. The number of anilines is 1. The van der Waals surface area contributed by atoms with Crippen molar-refractivity contribution in [1.29, 1.82) is 0 Å². The van der Waals surface area contributed by atoms with E-state index in [1.807, 2.05) is 39.0 Å². The van der Waals surface area contributed by atoms with Crippen LogP contribution in [0.1, 0.15) is 23.9 Å². The summed E-state index contributed by atoms with van der Waals surface area (Å²) in [4.78, 5) is 13.0. The Bertz CT molecular complexity index is 829. The molecule has 3 heterocycles. The minimum atomic E-state index is 0.597. The summed E-state index contributed by atoms with van der Waals surface area (Å²) in [7, 11) is 0. The Balaban J connectivity index is 1.73. The zero-order valence-electron chi connectivity index (χ0n) is 14.0. The molecule has 0 spiro atoms. The third kappa shape index (κ3) is 3.68. The van der Waals surface area contributed by atoms with Crippen molar-refractivity contribution in [2.75, 3.05) is 11.9 Å². The number of aromatic nitrogens is 5. The van der Waals surface area contributed by atoms with Gasteiger partial charge < -0.3 is 10.1 Å². The number of nitrogens with one attached hydrogen (secondary N) is 1. The van der Waals surface area contributed by atoms with Crippen molar-refractivity contribution < 1.29 is 4.74 Å². The van der Waals surface area contributed by atoms with E-state index < -0.39 is 0 Å². The first-order valence-electron chi connectivity index (χ1n) is 7.83. The summed E-state index contributed by atoms with van der Waals surface area (Å²) in [6, 6.07) is 5.86. The number of aryl methyl sites for hydroxylation is 2. The highest BCUT2D eigenvalue weighted by Gasteiger charge is 2.07. The van der Waals surface area contributed by atoms with E-state index >= 15 is 0 Å². The van der Waals surface area contributed by atoms with Gasteiger partial charge in [-0.3, -0.25) is 4.98 Å². The molecule has 7 nitrogen and oxygen atoms in total. The maximum atomic E-state index is 5.41. The highest BCUT2D eigenvalue weighted by atomic mass is 16.5.